The lowest BCUT2D eigenvalue weighted by molar-refractivity contribution is -0.139. The maximum absolute atomic E-state index is 11.9. The molecule has 1 saturated heterocycles. The Morgan fingerprint density at radius 1 is 1.33 bits per heavy atom. The van der Waals surface area contributed by atoms with Crippen LogP contribution in [0, 0.1) is 11.8 Å². The second-order valence-electron chi connectivity index (χ2n) is 5.79. The first-order valence-electron chi connectivity index (χ1n) is 6.82. The number of carboxylic acids is 1. The number of hydrogen-bond donors (Lipinski definition) is 2. The van der Waals surface area contributed by atoms with E-state index in [4.69, 9.17) is 5.11 Å². The zero-order valence-corrected chi connectivity index (χ0v) is 10.9. The largest absolute Gasteiger partial charge is 0.481 e. The molecule has 1 heterocycles. The molecule has 18 heavy (non-hydrogen) atoms. The van der Waals surface area contributed by atoms with Crippen LogP contribution in [-0.2, 0) is 4.79 Å². The van der Waals surface area contributed by atoms with Crippen LogP contribution >= 0.6 is 0 Å². The van der Waals surface area contributed by atoms with Crippen molar-refractivity contribution in [1.29, 1.82) is 0 Å². The minimum absolute atomic E-state index is 0.0178. The number of nitrogens with one attached hydrogen (secondary N) is 1. The summed E-state index contributed by atoms with van der Waals surface area (Å²) in [5.74, 6) is 0.0555. The van der Waals surface area contributed by atoms with Gasteiger partial charge in [-0.2, -0.15) is 0 Å². The lowest BCUT2D eigenvalue weighted by Gasteiger charge is -2.40. The van der Waals surface area contributed by atoms with Gasteiger partial charge in [0.15, 0.2) is 0 Å². The molecule has 2 unspecified atom stereocenters. The Balaban J connectivity index is 1.68. The molecule has 0 aromatic heterocycles. The second-order valence-corrected chi connectivity index (χ2v) is 5.79. The van der Waals surface area contributed by atoms with E-state index in [1.807, 2.05) is 0 Å². The fourth-order valence-corrected chi connectivity index (χ4v) is 2.94. The van der Waals surface area contributed by atoms with Gasteiger partial charge in [0, 0.05) is 25.0 Å². The lowest BCUT2D eigenvalue weighted by atomic mass is 9.87. The van der Waals surface area contributed by atoms with E-state index in [0.717, 1.165) is 12.8 Å². The van der Waals surface area contributed by atoms with E-state index in [9.17, 15) is 9.59 Å². The number of aliphatic carboxylic acids is 1. The van der Waals surface area contributed by atoms with Gasteiger partial charge < -0.3 is 15.3 Å². The number of nitrogens with zero attached hydrogens (tertiary/aromatic N) is 1. The number of carbonyl (C=O) groups is 2. The number of carbonyl (C=O) groups excluding carboxylic acids is 1. The molecule has 1 aliphatic carbocycles. The second kappa shape index (κ2) is 5.59. The smallest absolute Gasteiger partial charge is 0.317 e. The quantitative estimate of drug-likeness (QED) is 0.805. The van der Waals surface area contributed by atoms with Crippen molar-refractivity contribution in [1.82, 2.24) is 10.2 Å². The van der Waals surface area contributed by atoms with Gasteiger partial charge in [-0.1, -0.05) is 19.8 Å². The third-order valence-corrected chi connectivity index (χ3v) is 3.97. The summed E-state index contributed by atoms with van der Waals surface area (Å²) < 4.78 is 0. The molecule has 2 atom stereocenters. The Labute approximate surface area is 108 Å². The molecule has 102 valence electrons. The minimum atomic E-state index is -0.777. The topological polar surface area (TPSA) is 69.6 Å². The SMILES string of the molecule is CC1CCCC(NC(=O)N2CC(CC(=O)O)C2)C1. The summed E-state index contributed by atoms with van der Waals surface area (Å²) in [5, 5.41) is 11.7. The molecular formula is C13H22N2O3. The molecule has 2 N–H and O–H groups in total. The van der Waals surface area contributed by atoms with Crippen molar-refractivity contribution in [2.24, 2.45) is 11.8 Å². The highest BCUT2D eigenvalue weighted by Crippen LogP contribution is 2.24. The predicted molar refractivity (Wildman–Crippen MR) is 67.3 cm³/mol. The number of amides is 2. The molecule has 1 saturated carbocycles. The average Bonchev–Trinajstić information content (AvgIpc) is 2.22. The molecule has 0 radical (unpaired) electrons. The third kappa shape index (κ3) is 3.37. The number of rotatable bonds is 3. The van der Waals surface area contributed by atoms with Gasteiger partial charge in [-0.15, -0.1) is 0 Å². The normalized spacial score (nSPS) is 28.6. The molecule has 5 nitrogen and oxygen atoms in total. The van der Waals surface area contributed by atoms with Crippen molar-refractivity contribution < 1.29 is 14.7 Å². The summed E-state index contributed by atoms with van der Waals surface area (Å²) >= 11 is 0. The highest BCUT2D eigenvalue weighted by Gasteiger charge is 2.33. The summed E-state index contributed by atoms with van der Waals surface area (Å²) in [4.78, 5) is 24.1. The van der Waals surface area contributed by atoms with Crippen molar-refractivity contribution in [3.8, 4) is 0 Å². The molecule has 0 aromatic rings. The van der Waals surface area contributed by atoms with E-state index in [2.05, 4.69) is 12.2 Å². The van der Waals surface area contributed by atoms with Crippen LogP contribution in [0.2, 0.25) is 0 Å². The van der Waals surface area contributed by atoms with Crippen LogP contribution in [0.4, 0.5) is 4.79 Å². The van der Waals surface area contributed by atoms with Crippen molar-refractivity contribution in [3.05, 3.63) is 0 Å². The Morgan fingerprint density at radius 2 is 2.06 bits per heavy atom. The van der Waals surface area contributed by atoms with Crippen LogP contribution < -0.4 is 5.32 Å². The molecule has 5 heteroatoms. The molecule has 0 spiro atoms. The number of carboxylic acid groups (broad SMARTS) is 1. The first kappa shape index (κ1) is 13.2. The zero-order chi connectivity index (χ0) is 13.1. The van der Waals surface area contributed by atoms with E-state index in [0.29, 0.717) is 25.0 Å². The van der Waals surface area contributed by atoms with Gasteiger partial charge in [0.25, 0.3) is 0 Å². The number of hydrogen-bond acceptors (Lipinski definition) is 2. The Kier molecular flexibility index (Phi) is 4.09. The summed E-state index contributed by atoms with van der Waals surface area (Å²) in [7, 11) is 0. The fraction of sp³-hybridized carbons (Fsp3) is 0.846. The molecule has 0 aromatic carbocycles. The molecule has 1 aliphatic heterocycles. The summed E-state index contributed by atoms with van der Waals surface area (Å²) in [6, 6.07) is 0.288. The van der Waals surface area contributed by atoms with E-state index in [1.54, 1.807) is 4.90 Å². The van der Waals surface area contributed by atoms with Crippen molar-refractivity contribution >= 4 is 12.0 Å². The number of urea groups is 1. The third-order valence-electron chi connectivity index (χ3n) is 3.97. The first-order valence-corrected chi connectivity index (χ1v) is 6.82. The van der Waals surface area contributed by atoms with E-state index in [1.165, 1.54) is 12.8 Å². The summed E-state index contributed by atoms with van der Waals surface area (Å²) in [5.41, 5.74) is 0. The molecule has 2 amide bonds. The van der Waals surface area contributed by atoms with Gasteiger partial charge in [0.05, 0.1) is 6.42 Å². The van der Waals surface area contributed by atoms with Crippen LogP contribution in [-0.4, -0.2) is 41.1 Å². The summed E-state index contributed by atoms with van der Waals surface area (Å²) in [6.07, 6.45) is 4.76. The van der Waals surface area contributed by atoms with Gasteiger partial charge >= 0.3 is 12.0 Å². The highest BCUT2D eigenvalue weighted by molar-refractivity contribution is 5.76. The average molecular weight is 254 g/mol. The van der Waals surface area contributed by atoms with E-state index in [-0.39, 0.29) is 18.4 Å². The van der Waals surface area contributed by atoms with Crippen molar-refractivity contribution in [2.75, 3.05) is 13.1 Å². The van der Waals surface area contributed by atoms with Crippen molar-refractivity contribution in [2.45, 2.75) is 45.1 Å². The molecule has 2 rings (SSSR count). The van der Waals surface area contributed by atoms with Crippen LogP contribution in [0.5, 0.6) is 0 Å². The van der Waals surface area contributed by atoms with E-state index < -0.39 is 5.97 Å². The maximum Gasteiger partial charge on any atom is 0.317 e. The number of likely N-dealkylation sites (tertiary alicyclic amines) is 1. The van der Waals surface area contributed by atoms with Crippen LogP contribution in [0.15, 0.2) is 0 Å². The molecule has 0 bridgehead atoms. The Morgan fingerprint density at radius 3 is 2.67 bits per heavy atom. The van der Waals surface area contributed by atoms with Gasteiger partial charge in [-0.3, -0.25) is 4.79 Å². The fourth-order valence-electron chi connectivity index (χ4n) is 2.94. The van der Waals surface area contributed by atoms with Gasteiger partial charge in [0.2, 0.25) is 0 Å². The van der Waals surface area contributed by atoms with Gasteiger partial charge in [-0.05, 0) is 18.8 Å². The minimum Gasteiger partial charge on any atom is -0.481 e. The predicted octanol–water partition coefficient (Wildman–Crippen LogP) is 1.68. The zero-order valence-electron chi connectivity index (χ0n) is 10.9. The standard InChI is InChI=1S/C13H22N2O3/c1-9-3-2-4-11(5-9)14-13(18)15-7-10(8-15)6-12(16)17/h9-11H,2-8H2,1H3,(H,14,18)(H,16,17). The Hall–Kier alpha value is -1.26. The van der Waals surface area contributed by atoms with Crippen LogP contribution in [0.25, 0.3) is 0 Å². The van der Waals surface area contributed by atoms with Gasteiger partial charge in [0.1, 0.15) is 0 Å². The highest BCUT2D eigenvalue weighted by atomic mass is 16.4. The van der Waals surface area contributed by atoms with Crippen molar-refractivity contribution in [3.63, 3.8) is 0 Å². The molecular weight excluding hydrogens is 232 g/mol. The maximum atomic E-state index is 11.9. The van der Waals surface area contributed by atoms with Crippen LogP contribution in [0.1, 0.15) is 39.0 Å². The Bertz CT molecular complexity index is 326. The van der Waals surface area contributed by atoms with E-state index >= 15 is 0 Å². The first-order chi connectivity index (χ1) is 8.54. The molecule has 2 aliphatic rings. The summed E-state index contributed by atoms with van der Waals surface area (Å²) in [6.45, 7) is 3.39. The van der Waals surface area contributed by atoms with Gasteiger partial charge in [-0.25, -0.2) is 4.79 Å². The van der Waals surface area contributed by atoms with Crippen LogP contribution in [0.3, 0.4) is 0 Å². The monoisotopic (exact) mass is 254 g/mol. The lowest BCUT2D eigenvalue weighted by Crippen LogP contribution is -2.56. The molecule has 2 fully saturated rings.